The molecule has 3 aromatic rings. The molecule has 0 unspecified atom stereocenters. The number of piperazine rings is 1. The van der Waals surface area contributed by atoms with Gasteiger partial charge in [0, 0.05) is 32.7 Å². The number of nitrogens with one attached hydrogen (secondary N) is 1. The molecule has 9 heteroatoms. The van der Waals surface area contributed by atoms with E-state index in [2.05, 4.69) is 14.9 Å². The molecule has 0 saturated carbocycles. The molecule has 32 heavy (non-hydrogen) atoms. The van der Waals surface area contributed by atoms with Crippen LogP contribution in [0.5, 0.6) is 17.2 Å². The van der Waals surface area contributed by atoms with Gasteiger partial charge in [-0.3, -0.25) is 9.69 Å². The van der Waals surface area contributed by atoms with Gasteiger partial charge in [-0.2, -0.15) is 0 Å². The highest BCUT2D eigenvalue weighted by Gasteiger charge is 2.22. The number of fused-ring (bicyclic) bond motifs is 1. The van der Waals surface area contributed by atoms with E-state index in [1.807, 2.05) is 41.3 Å². The SMILES string of the molecule is COc1cc(CN2CCN(C(=O)CSc3nc4ccccc4[nH]3)CC2)cc(OC)c1OC. The van der Waals surface area contributed by atoms with Crippen LogP contribution < -0.4 is 14.2 Å². The van der Waals surface area contributed by atoms with Crippen molar-refractivity contribution in [2.45, 2.75) is 11.7 Å². The second-order valence-electron chi connectivity index (χ2n) is 7.54. The molecule has 4 rings (SSSR count). The molecule has 170 valence electrons. The van der Waals surface area contributed by atoms with Crippen molar-refractivity contribution in [3.63, 3.8) is 0 Å². The Balaban J connectivity index is 1.29. The molecule has 0 spiro atoms. The summed E-state index contributed by atoms with van der Waals surface area (Å²) < 4.78 is 16.3. The first kappa shape index (κ1) is 22.3. The van der Waals surface area contributed by atoms with Crippen molar-refractivity contribution in [2.24, 2.45) is 0 Å². The number of H-pyrrole nitrogens is 1. The van der Waals surface area contributed by atoms with E-state index in [1.54, 1.807) is 21.3 Å². The lowest BCUT2D eigenvalue weighted by Crippen LogP contribution is -2.48. The molecule has 1 saturated heterocycles. The lowest BCUT2D eigenvalue weighted by atomic mass is 10.1. The van der Waals surface area contributed by atoms with Gasteiger partial charge < -0.3 is 24.1 Å². The molecule has 0 radical (unpaired) electrons. The smallest absolute Gasteiger partial charge is 0.233 e. The number of hydrogen-bond acceptors (Lipinski definition) is 7. The van der Waals surface area contributed by atoms with Crippen LogP contribution in [-0.4, -0.2) is 78.9 Å². The third-order valence-corrected chi connectivity index (χ3v) is 6.41. The molecular formula is C23H28N4O4S. The zero-order chi connectivity index (χ0) is 22.5. The van der Waals surface area contributed by atoms with Crippen LogP contribution in [0.15, 0.2) is 41.6 Å². The maximum atomic E-state index is 12.7. The highest BCUT2D eigenvalue weighted by molar-refractivity contribution is 7.99. The number of benzene rings is 2. The first-order valence-corrected chi connectivity index (χ1v) is 11.5. The Hall–Kier alpha value is -2.91. The number of rotatable bonds is 8. The highest BCUT2D eigenvalue weighted by Crippen LogP contribution is 2.38. The highest BCUT2D eigenvalue weighted by atomic mass is 32.2. The number of carbonyl (C=O) groups excluding carboxylic acids is 1. The third kappa shape index (κ3) is 4.94. The van der Waals surface area contributed by atoms with Gasteiger partial charge in [0.05, 0.1) is 38.1 Å². The standard InChI is InChI=1S/C23H28N4O4S/c1-29-19-12-16(13-20(30-2)22(19)31-3)14-26-8-10-27(11-9-26)21(28)15-32-23-24-17-6-4-5-7-18(17)25-23/h4-7,12-13H,8-11,14-15H2,1-3H3,(H,24,25). The monoisotopic (exact) mass is 456 g/mol. The van der Waals surface area contributed by atoms with Gasteiger partial charge in [0.15, 0.2) is 16.7 Å². The summed E-state index contributed by atoms with van der Waals surface area (Å²) in [4.78, 5) is 24.7. The van der Waals surface area contributed by atoms with Gasteiger partial charge in [0.2, 0.25) is 11.7 Å². The van der Waals surface area contributed by atoms with Gasteiger partial charge in [-0.15, -0.1) is 0 Å². The molecule has 0 bridgehead atoms. The number of ether oxygens (including phenoxy) is 3. The number of aromatic nitrogens is 2. The molecule has 0 atom stereocenters. The van der Waals surface area contributed by atoms with E-state index in [0.29, 0.717) is 36.1 Å². The van der Waals surface area contributed by atoms with Crippen LogP contribution in [0.4, 0.5) is 0 Å². The maximum absolute atomic E-state index is 12.7. The topological polar surface area (TPSA) is 79.9 Å². The number of amides is 1. The first-order valence-electron chi connectivity index (χ1n) is 10.5. The first-order chi connectivity index (χ1) is 15.6. The molecule has 1 amide bonds. The Kier molecular flexibility index (Phi) is 7.06. The quantitative estimate of drug-likeness (QED) is 0.522. The van der Waals surface area contributed by atoms with E-state index in [9.17, 15) is 4.79 Å². The molecule has 1 aliphatic heterocycles. The summed E-state index contributed by atoms with van der Waals surface area (Å²) in [6, 6.07) is 11.8. The average molecular weight is 457 g/mol. The fourth-order valence-electron chi connectivity index (χ4n) is 3.86. The summed E-state index contributed by atoms with van der Waals surface area (Å²) in [6.45, 7) is 3.82. The van der Waals surface area contributed by atoms with Gasteiger partial charge in [0.25, 0.3) is 0 Å². The molecule has 1 fully saturated rings. The predicted octanol–water partition coefficient (Wildman–Crippen LogP) is 3.03. The van der Waals surface area contributed by atoms with Crippen LogP contribution in [0.3, 0.4) is 0 Å². The van der Waals surface area contributed by atoms with Gasteiger partial charge in [-0.25, -0.2) is 4.98 Å². The van der Waals surface area contributed by atoms with Crippen molar-refractivity contribution in [1.82, 2.24) is 19.8 Å². The van der Waals surface area contributed by atoms with Crippen LogP contribution in [0.1, 0.15) is 5.56 Å². The normalized spacial score (nSPS) is 14.5. The largest absolute Gasteiger partial charge is 0.493 e. The van der Waals surface area contributed by atoms with Crippen molar-refractivity contribution < 1.29 is 19.0 Å². The van der Waals surface area contributed by atoms with E-state index in [-0.39, 0.29) is 5.91 Å². The number of methoxy groups -OCH3 is 3. The zero-order valence-corrected chi connectivity index (χ0v) is 19.4. The minimum atomic E-state index is 0.142. The van der Waals surface area contributed by atoms with Crippen molar-refractivity contribution in [3.8, 4) is 17.2 Å². The number of carbonyl (C=O) groups is 1. The maximum Gasteiger partial charge on any atom is 0.233 e. The zero-order valence-electron chi connectivity index (χ0n) is 18.6. The Morgan fingerprint density at radius 2 is 1.72 bits per heavy atom. The van der Waals surface area contributed by atoms with Crippen LogP contribution >= 0.6 is 11.8 Å². The van der Waals surface area contributed by atoms with E-state index in [0.717, 1.165) is 41.4 Å². The van der Waals surface area contributed by atoms with E-state index in [1.165, 1.54) is 11.8 Å². The number of imidazole rings is 1. The van der Waals surface area contributed by atoms with Crippen molar-refractivity contribution in [2.75, 3.05) is 53.3 Å². The molecule has 2 heterocycles. The lowest BCUT2D eigenvalue weighted by Gasteiger charge is -2.34. The predicted molar refractivity (Wildman–Crippen MR) is 125 cm³/mol. The summed E-state index contributed by atoms with van der Waals surface area (Å²) in [5, 5.41) is 0.778. The van der Waals surface area contributed by atoms with Gasteiger partial charge in [0.1, 0.15) is 0 Å². The Morgan fingerprint density at radius 1 is 1.03 bits per heavy atom. The molecular weight excluding hydrogens is 428 g/mol. The Labute approximate surface area is 191 Å². The number of hydrogen-bond donors (Lipinski definition) is 1. The molecule has 1 aliphatic rings. The van der Waals surface area contributed by atoms with E-state index < -0.39 is 0 Å². The van der Waals surface area contributed by atoms with Crippen molar-refractivity contribution in [3.05, 3.63) is 42.0 Å². The molecule has 1 N–H and O–H groups in total. The summed E-state index contributed by atoms with van der Waals surface area (Å²) in [7, 11) is 4.84. The number of nitrogens with zero attached hydrogens (tertiary/aromatic N) is 3. The van der Waals surface area contributed by atoms with Crippen LogP contribution in [-0.2, 0) is 11.3 Å². The third-order valence-electron chi connectivity index (χ3n) is 5.56. The molecule has 1 aromatic heterocycles. The Bertz CT molecular complexity index is 1020. The Morgan fingerprint density at radius 3 is 2.34 bits per heavy atom. The minimum absolute atomic E-state index is 0.142. The van der Waals surface area contributed by atoms with Gasteiger partial charge in [-0.05, 0) is 29.8 Å². The minimum Gasteiger partial charge on any atom is -0.493 e. The van der Waals surface area contributed by atoms with Gasteiger partial charge >= 0.3 is 0 Å². The summed E-state index contributed by atoms with van der Waals surface area (Å²) >= 11 is 1.45. The van der Waals surface area contributed by atoms with Gasteiger partial charge in [-0.1, -0.05) is 23.9 Å². The van der Waals surface area contributed by atoms with Crippen LogP contribution in [0.2, 0.25) is 0 Å². The molecule has 8 nitrogen and oxygen atoms in total. The van der Waals surface area contributed by atoms with Crippen LogP contribution in [0, 0.1) is 0 Å². The van der Waals surface area contributed by atoms with E-state index >= 15 is 0 Å². The second-order valence-corrected chi connectivity index (χ2v) is 8.50. The second kappa shape index (κ2) is 10.1. The van der Waals surface area contributed by atoms with Crippen molar-refractivity contribution in [1.29, 1.82) is 0 Å². The summed E-state index contributed by atoms with van der Waals surface area (Å²) in [6.07, 6.45) is 0. The fourth-order valence-corrected chi connectivity index (χ4v) is 4.65. The number of thioether (sulfide) groups is 1. The molecule has 0 aliphatic carbocycles. The number of aromatic amines is 1. The lowest BCUT2D eigenvalue weighted by molar-refractivity contribution is -0.130. The van der Waals surface area contributed by atoms with Crippen LogP contribution in [0.25, 0.3) is 11.0 Å². The fraction of sp³-hybridized carbons (Fsp3) is 0.391. The average Bonchev–Trinajstić information content (AvgIpc) is 3.25. The molecule has 2 aromatic carbocycles. The number of para-hydroxylation sites is 2. The summed E-state index contributed by atoms with van der Waals surface area (Å²) in [5.74, 6) is 2.42. The van der Waals surface area contributed by atoms with E-state index in [4.69, 9.17) is 14.2 Å². The summed E-state index contributed by atoms with van der Waals surface area (Å²) in [5.41, 5.74) is 2.99. The van der Waals surface area contributed by atoms with Crippen molar-refractivity contribution >= 4 is 28.7 Å².